The van der Waals surface area contributed by atoms with Gasteiger partial charge in [0.25, 0.3) is 0 Å². The summed E-state index contributed by atoms with van der Waals surface area (Å²) in [6, 6.07) is 8.54. The molecular weight excluding hydrogens is 180 g/mol. The van der Waals surface area contributed by atoms with E-state index in [1.807, 2.05) is 6.08 Å². The molecule has 13 heavy (non-hydrogen) atoms. The summed E-state index contributed by atoms with van der Waals surface area (Å²) in [6.07, 6.45) is 5.60. The molecular formula is C12H15Cl. The van der Waals surface area contributed by atoms with E-state index >= 15 is 0 Å². The smallest absolute Gasteiger partial charge is 0.00484 e. The first-order valence-electron chi connectivity index (χ1n) is 4.72. The highest BCUT2D eigenvalue weighted by atomic mass is 35.5. The Labute approximate surface area is 85.2 Å². The van der Waals surface area contributed by atoms with Gasteiger partial charge in [-0.2, -0.15) is 0 Å². The lowest BCUT2D eigenvalue weighted by atomic mass is 10.1. The first-order chi connectivity index (χ1) is 6.36. The Morgan fingerprint density at radius 2 is 1.92 bits per heavy atom. The second-order valence-electron chi connectivity index (χ2n) is 3.14. The van der Waals surface area contributed by atoms with Crippen molar-refractivity contribution in [2.75, 3.05) is 0 Å². The van der Waals surface area contributed by atoms with Gasteiger partial charge in [-0.1, -0.05) is 49.2 Å². The molecule has 0 nitrogen and oxygen atoms in total. The Bertz CT molecular complexity index is 259. The molecule has 0 amide bonds. The maximum Gasteiger partial charge on any atom is 0.00484 e. The van der Waals surface area contributed by atoms with Crippen LogP contribution in [0.15, 0.2) is 29.8 Å². The van der Waals surface area contributed by atoms with Gasteiger partial charge in [0.2, 0.25) is 0 Å². The summed E-state index contributed by atoms with van der Waals surface area (Å²) in [7, 11) is 0. The fraction of sp³-hybridized carbons (Fsp3) is 0.333. The molecule has 0 aromatic heterocycles. The minimum absolute atomic E-state index is 1.16. The molecule has 1 rings (SSSR count). The molecule has 0 aliphatic carbocycles. The van der Waals surface area contributed by atoms with Gasteiger partial charge in [-0.05, 0) is 30.0 Å². The fourth-order valence-corrected chi connectivity index (χ4v) is 1.39. The van der Waals surface area contributed by atoms with Crippen molar-refractivity contribution in [2.45, 2.75) is 26.2 Å². The highest BCUT2D eigenvalue weighted by Crippen LogP contribution is 2.09. The van der Waals surface area contributed by atoms with Crippen molar-refractivity contribution in [3.8, 4) is 0 Å². The molecule has 0 unspecified atom stereocenters. The number of halogens is 1. The van der Waals surface area contributed by atoms with Gasteiger partial charge in [0.05, 0.1) is 0 Å². The van der Waals surface area contributed by atoms with Crippen LogP contribution in [-0.2, 0) is 6.42 Å². The van der Waals surface area contributed by atoms with Gasteiger partial charge in [-0.15, -0.1) is 0 Å². The van der Waals surface area contributed by atoms with Gasteiger partial charge >= 0.3 is 0 Å². The summed E-state index contributed by atoms with van der Waals surface area (Å²) < 4.78 is 0. The minimum Gasteiger partial charge on any atom is -0.0929 e. The molecule has 0 N–H and O–H groups in total. The maximum absolute atomic E-state index is 5.48. The summed E-state index contributed by atoms with van der Waals surface area (Å²) in [4.78, 5) is 0. The molecule has 1 heteroatoms. The number of aryl methyl sites for hydroxylation is 1. The van der Waals surface area contributed by atoms with E-state index in [9.17, 15) is 0 Å². The Morgan fingerprint density at radius 1 is 1.23 bits per heavy atom. The number of rotatable bonds is 4. The average molecular weight is 195 g/mol. The van der Waals surface area contributed by atoms with Gasteiger partial charge in [0.15, 0.2) is 0 Å². The lowest BCUT2D eigenvalue weighted by Crippen LogP contribution is -1.83. The van der Waals surface area contributed by atoms with Crippen LogP contribution in [0.25, 0.3) is 6.08 Å². The number of unbranched alkanes of at least 4 members (excludes halogenated alkanes) is 1. The second kappa shape index (κ2) is 5.82. The summed E-state index contributed by atoms with van der Waals surface area (Å²) in [5.74, 6) is 0. The fourth-order valence-electron chi connectivity index (χ4n) is 1.25. The third-order valence-corrected chi connectivity index (χ3v) is 2.18. The van der Waals surface area contributed by atoms with Crippen molar-refractivity contribution >= 4 is 17.7 Å². The molecule has 0 aliphatic rings. The van der Waals surface area contributed by atoms with Crippen molar-refractivity contribution < 1.29 is 0 Å². The minimum atomic E-state index is 1.16. The predicted octanol–water partition coefficient (Wildman–Crippen LogP) is 4.24. The molecule has 1 aromatic carbocycles. The molecule has 0 bridgehead atoms. The monoisotopic (exact) mass is 194 g/mol. The summed E-state index contributed by atoms with van der Waals surface area (Å²) in [6.45, 7) is 2.21. The molecule has 0 aliphatic heterocycles. The zero-order valence-corrected chi connectivity index (χ0v) is 8.72. The van der Waals surface area contributed by atoms with Crippen LogP contribution < -0.4 is 0 Å². The van der Waals surface area contributed by atoms with Crippen LogP contribution in [-0.4, -0.2) is 0 Å². The summed E-state index contributed by atoms with van der Waals surface area (Å²) in [5, 5.41) is 0. The van der Waals surface area contributed by atoms with Crippen molar-refractivity contribution in [1.82, 2.24) is 0 Å². The average Bonchev–Trinajstić information content (AvgIpc) is 2.17. The second-order valence-corrected chi connectivity index (χ2v) is 3.39. The zero-order chi connectivity index (χ0) is 9.52. The molecule has 70 valence electrons. The van der Waals surface area contributed by atoms with E-state index in [4.69, 9.17) is 11.6 Å². The molecule has 0 heterocycles. The van der Waals surface area contributed by atoms with Crippen molar-refractivity contribution in [1.29, 1.82) is 0 Å². The number of hydrogen-bond acceptors (Lipinski definition) is 0. The van der Waals surface area contributed by atoms with Crippen molar-refractivity contribution in [2.24, 2.45) is 0 Å². The molecule has 0 saturated carbocycles. The van der Waals surface area contributed by atoms with E-state index in [0.29, 0.717) is 0 Å². The molecule has 0 spiro atoms. The third-order valence-electron chi connectivity index (χ3n) is 2.05. The highest BCUT2D eigenvalue weighted by Gasteiger charge is 1.91. The normalized spacial score (nSPS) is 10.9. The lowest BCUT2D eigenvalue weighted by Gasteiger charge is -1.99. The summed E-state index contributed by atoms with van der Waals surface area (Å²) >= 11 is 5.48. The largest absolute Gasteiger partial charge is 0.0929 e. The van der Waals surface area contributed by atoms with E-state index in [2.05, 4.69) is 31.2 Å². The van der Waals surface area contributed by atoms with E-state index < -0.39 is 0 Å². The molecule has 0 saturated heterocycles. The Kier molecular flexibility index (Phi) is 4.63. The molecule has 0 atom stereocenters. The van der Waals surface area contributed by atoms with Crippen LogP contribution in [0.3, 0.4) is 0 Å². The van der Waals surface area contributed by atoms with Crippen LogP contribution in [0, 0.1) is 0 Å². The van der Waals surface area contributed by atoms with Crippen LogP contribution >= 0.6 is 11.6 Å². The van der Waals surface area contributed by atoms with Gasteiger partial charge < -0.3 is 0 Å². The van der Waals surface area contributed by atoms with E-state index in [-0.39, 0.29) is 0 Å². The highest BCUT2D eigenvalue weighted by molar-refractivity contribution is 6.27. The quantitative estimate of drug-likeness (QED) is 0.673. The Balaban J connectivity index is 2.58. The number of benzene rings is 1. The zero-order valence-electron chi connectivity index (χ0n) is 7.96. The van der Waals surface area contributed by atoms with E-state index in [1.165, 1.54) is 24.8 Å². The first kappa shape index (κ1) is 10.3. The maximum atomic E-state index is 5.48. The molecule has 1 aromatic rings. The van der Waals surface area contributed by atoms with Crippen molar-refractivity contribution in [3.05, 3.63) is 40.9 Å². The van der Waals surface area contributed by atoms with E-state index in [0.717, 1.165) is 5.56 Å². The van der Waals surface area contributed by atoms with Gasteiger partial charge in [0, 0.05) is 5.54 Å². The van der Waals surface area contributed by atoms with Crippen LogP contribution in [0.5, 0.6) is 0 Å². The topological polar surface area (TPSA) is 0 Å². The first-order valence-corrected chi connectivity index (χ1v) is 5.16. The van der Waals surface area contributed by atoms with Crippen molar-refractivity contribution in [3.63, 3.8) is 0 Å². The van der Waals surface area contributed by atoms with Gasteiger partial charge in [-0.25, -0.2) is 0 Å². The van der Waals surface area contributed by atoms with Crippen LogP contribution in [0.4, 0.5) is 0 Å². The molecule has 0 fully saturated rings. The molecule has 0 radical (unpaired) electrons. The Morgan fingerprint density at radius 3 is 2.46 bits per heavy atom. The van der Waals surface area contributed by atoms with Gasteiger partial charge in [-0.3, -0.25) is 0 Å². The lowest BCUT2D eigenvalue weighted by molar-refractivity contribution is 0.795. The van der Waals surface area contributed by atoms with Crippen LogP contribution in [0.1, 0.15) is 30.9 Å². The number of hydrogen-bond donors (Lipinski definition) is 0. The predicted molar refractivity (Wildman–Crippen MR) is 59.9 cm³/mol. The van der Waals surface area contributed by atoms with Gasteiger partial charge in [0.1, 0.15) is 0 Å². The summed E-state index contributed by atoms with van der Waals surface area (Å²) in [5.41, 5.74) is 4.12. The third kappa shape index (κ3) is 3.65. The Hall–Kier alpha value is -0.750. The van der Waals surface area contributed by atoms with E-state index in [1.54, 1.807) is 5.54 Å². The van der Waals surface area contributed by atoms with Crippen LogP contribution in [0.2, 0.25) is 0 Å². The SMILES string of the molecule is CCCCc1ccc(C=CCl)cc1. The standard InChI is InChI=1S/C12H15Cl/c1-2-3-4-11-5-7-12(8-6-11)9-10-13/h5-10H,2-4H2,1H3.